The Morgan fingerprint density at radius 3 is 2.75 bits per heavy atom. The molecule has 1 aliphatic heterocycles. The summed E-state index contributed by atoms with van der Waals surface area (Å²) in [4.78, 5) is 18.1. The van der Waals surface area contributed by atoms with Crippen molar-refractivity contribution in [1.82, 2.24) is 9.29 Å². The van der Waals surface area contributed by atoms with E-state index < -0.39 is 16.0 Å². The fourth-order valence-corrected chi connectivity index (χ4v) is 6.98. The number of thiazole rings is 1. The average molecular weight is 457 g/mol. The van der Waals surface area contributed by atoms with Gasteiger partial charge in [0.25, 0.3) is 0 Å². The highest BCUT2D eigenvalue weighted by Gasteiger charge is 2.31. The molecule has 4 heterocycles. The van der Waals surface area contributed by atoms with Crippen molar-refractivity contribution < 1.29 is 22.7 Å². The van der Waals surface area contributed by atoms with Crippen LogP contribution in [0, 0.1) is 0 Å². The molecule has 0 unspecified atom stereocenters. The lowest BCUT2D eigenvalue weighted by Crippen LogP contribution is -2.40. The number of carbonyl (C=O) groups is 1. The normalized spacial score (nSPS) is 15.6. The number of esters is 1. The minimum atomic E-state index is -3.75. The molecule has 3 aromatic heterocycles. The Morgan fingerprint density at radius 1 is 1.18 bits per heavy atom. The van der Waals surface area contributed by atoms with E-state index in [-0.39, 0.29) is 29.5 Å². The minimum Gasteiger partial charge on any atom is -0.455 e. The lowest BCUT2D eigenvalue weighted by atomic mass is 10.4. The van der Waals surface area contributed by atoms with Gasteiger partial charge in [-0.15, -0.1) is 34.0 Å². The zero-order valence-electron chi connectivity index (χ0n) is 14.6. The van der Waals surface area contributed by atoms with Gasteiger partial charge in [-0.2, -0.15) is 4.31 Å². The van der Waals surface area contributed by atoms with Crippen molar-refractivity contribution in [2.45, 2.75) is 11.5 Å². The molecule has 28 heavy (non-hydrogen) atoms. The van der Waals surface area contributed by atoms with Crippen LogP contribution in [0.1, 0.15) is 15.4 Å². The Kier molecular flexibility index (Phi) is 5.90. The van der Waals surface area contributed by atoms with Gasteiger partial charge in [0.1, 0.15) is 21.4 Å². The fourth-order valence-electron chi connectivity index (χ4n) is 2.67. The summed E-state index contributed by atoms with van der Waals surface area (Å²) < 4.78 is 37.6. The van der Waals surface area contributed by atoms with E-state index in [2.05, 4.69) is 4.98 Å². The van der Waals surface area contributed by atoms with E-state index in [1.54, 1.807) is 16.7 Å². The molecule has 1 fully saturated rings. The first-order valence-electron chi connectivity index (χ1n) is 8.36. The van der Waals surface area contributed by atoms with Gasteiger partial charge in [0.05, 0.1) is 23.8 Å². The number of ether oxygens (including phenoxy) is 2. The molecule has 0 amide bonds. The number of hydrogen-bond donors (Lipinski definition) is 0. The summed E-state index contributed by atoms with van der Waals surface area (Å²) in [6, 6.07) is 5.38. The predicted octanol–water partition coefficient (Wildman–Crippen LogP) is 3.31. The molecular formula is C17H16N2O5S4. The van der Waals surface area contributed by atoms with Crippen LogP contribution in [0.5, 0.6) is 0 Å². The zero-order chi connectivity index (χ0) is 19.6. The van der Waals surface area contributed by atoms with Crippen molar-refractivity contribution in [3.8, 4) is 9.88 Å². The van der Waals surface area contributed by atoms with Gasteiger partial charge in [0.2, 0.25) is 10.0 Å². The number of carbonyl (C=O) groups excluding carboxylic acids is 1. The Labute approximate surface area is 174 Å². The number of nitrogens with zero attached hydrogens (tertiary/aromatic N) is 2. The molecule has 0 aliphatic carbocycles. The first kappa shape index (κ1) is 19.7. The average Bonchev–Trinajstić information content (AvgIpc) is 3.48. The van der Waals surface area contributed by atoms with Crippen LogP contribution in [-0.2, 0) is 26.1 Å². The van der Waals surface area contributed by atoms with Gasteiger partial charge in [0.15, 0.2) is 0 Å². The summed E-state index contributed by atoms with van der Waals surface area (Å²) in [5.74, 6) is -0.660. The number of morpholine rings is 1. The molecule has 0 aromatic carbocycles. The van der Waals surface area contributed by atoms with Gasteiger partial charge in [-0.25, -0.2) is 18.2 Å². The number of thiophene rings is 2. The highest BCUT2D eigenvalue weighted by molar-refractivity contribution is 7.89. The zero-order valence-corrected chi connectivity index (χ0v) is 17.8. The van der Waals surface area contributed by atoms with Crippen molar-refractivity contribution in [2.24, 2.45) is 0 Å². The lowest BCUT2D eigenvalue weighted by Gasteiger charge is -2.25. The van der Waals surface area contributed by atoms with Crippen molar-refractivity contribution in [3.05, 3.63) is 44.9 Å². The monoisotopic (exact) mass is 456 g/mol. The van der Waals surface area contributed by atoms with E-state index in [9.17, 15) is 13.2 Å². The van der Waals surface area contributed by atoms with E-state index in [1.165, 1.54) is 21.7 Å². The third kappa shape index (κ3) is 4.04. The molecular weight excluding hydrogens is 440 g/mol. The maximum absolute atomic E-state index is 12.8. The summed E-state index contributed by atoms with van der Waals surface area (Å²) in [6.07, 6.45) is 0. The molecule has 3 aromatic rings. The number of aromatic nitrogens is 1. The summed E-state index contributed by atoms with van der Waals surface area (Å²) >= 11 is 4.13. The number of sulfonamides is 1. The molecule has 1 saturated heterocycles. The van der Waals surface area contributed by atoms with Gasteiger partial charge in [0, 0.05) is 18.5 Å². The van der Waals surface area contributed by atoms with Crippen LogP contribution in [-0.4, -0.2) is 50.0 Å². The first-order chi connectivity index (χ1) is 13.6. The summed E-state index contributed by atoms with van der Waals surface area (Å²) in [6.45, 7) is 1.24. The molecule has 0 bridgehead atoms. The van der Waals surface area contributed by atoms with Crippen molar-refractivity contribution >= 4 is 50.0 Å². The van der Waals surface area contributed by atoms with Crippen LogP contribution in [0.4, 0.5) is 0 Å². The second-order valence-corrected chi connectivity index (χ2v) is 10.5. The van der Waals surface area contributed by atoms with Crippen LogP contribution in [0.2, 0.25) is 0 Å². The van der Waals surface area contributed by atoms with Crippen molar-refractivity contribution in [2.75, 3.05) is 26.3 Å². The Hall–Kier alpha value is -1.63. The second-order valence-electron chi connectivity index (χ2n) is 5.83. The quantitative estimate of drug-likeness (QED) is 0.529. The molecule has 148 valence electrons. The standard InChI is InChI=1S/C17H16N2O5S4/c20-17(24-10-12-11-27-16(18-12)13-2-1-8-25-13)15-14(3-9-26-15)28(21,22)19-4-6-23-7-5-19/h1-3,8-9,11H,4-7,10H2. The van der Waals surface area contributed by atoms with Gasteiger partial charge < -0.3 is 9.47 Å². The summed E-state index contributed by atoms with van der Waals surface area (Å²) in [7, 11) is -3.75. The fraction of sp³-hybridized carbons (Fsp3) is 0.294. The van der Waals surface area contributed by atoms with Gasteiger partial charge >= 0.3 is 5.97 Å². The molecule has 0 spiro atoms. The molecule has 7 nitrogen and oxygen atoms in total. The highest BCUT2D eigenvalue weighted by Crippen LogP contribution is 2.29. The molecule has 0 atom stereocenters. The van der Waals surface area contributed by atoms with Gasteiger partial charge in [-0.1, -0.05) is 6.07 Å². The highest BCUT2D eigenvalue weighted by atomic mass is 32.2. The Bertz CT molecular complexity index is 1050. The van der Waals surface area contributed by atoms with Gasteiger partial charge in [-0.3, -0.25) is 0 Å². The minimum absolute atomic E-state index is 0.00432. The Morgan fingerprint density at radius 2 is 2.00 bits per heavy atom. The molecule has 4 rings (SSSR count). The van der Waals surface area contributed by atoms with Crippen LogP contribution < -0.4 is 0 Å². The van der Waals surface area contributed by atoms with Crippen LogP contribution in [0.15, 0.2) is 39.2 Å². The molecule has 0 saturated carbocycles. The topological polar surface area (TPSA) is 85.8 Å². The first-order valence-corrected chi connectivity index (χ1v) is 12.4. The van der Waals surface area contributed by atoms with Crippen LogP contribution in [0.3, 0.4) is 0 Å². The number of rotatable bonds is 6. The maximum Gasteiger partial charge on any atom is 0.350 e. The van der Waals surface area contributed by atoms with E-state index in [0.717, 1.165) is 21.2 Å². The summed E-state index contributed by atoms with van der Waals surface area (Å²) in [5, 5.41) is 6.26. The number of hydrogen-bond acceptors (Lipinski definition) is 9. The largest absolute Gasteiger partial charge is 0.455 e. The van der Waals surface area contributed by atoms with Gasteiger partial charge in [-0.05, 0) is 22.9 Å². The molecule has 0 radical (unpaired) electrons. The van der Waals surface area contributed by atoms with E-state index in [0.29, 0.717) is 18.9 Å². The molecule has 1 aliphatic rings. The molecule has 11 heteroatoms. The predicted molar refractivity (Wildman–Crippen MR) is 108 cm³/mol. The smallest absolute Gasteiger partial charge is 0.350 e. The lowest BCUT2D eigenvalue weighted by molar-refractivity contribution is 0.0469. The Balaban J connectivity index is 1.45. The summed E-state index contributed by atoms with van der Waals surface area (Å²) in [5.41, 5.74) is 0.635. The maximum atomic E-state index is 12.8. The molecule has 0 N–H and O–H groups in total. The van der Waals surface area contributed by atoms with E-state index >= 15 is 0 Å². The third-order valence-corrected chi connectivity index (χ3v) is 8.93. The van der Waals surface area contributed by atoms with Crippen molar-refractivity contribution in [3.63, 3.8) is 0 Å². The van der Waals surface area contributed by atoms with E-state index in [1.807, 2.05) is 22.9 Å². The van der Waals surface area contributed by atoms with Crippen LogP contribution >= 0.6 is 34.0 Å². The second kappa shape index (κ2) is 8.39. The third-order valence-electron chi connectivity index (χ3n) is 4.04. The van der Waals surface area contributed by atoms with Crippen LogP contribution in [0.25, 0.3) is 9.88 Å². The SMILES string of the molecule is O=C(OCc1csc(-c2cccs2)n1)c1sccc1S(=O)(=O)N1CCOCC1. The van der Waals surface area contributed by atoms with E-state index in [4.69, 9.17) is 9.47 Å². The van der Waals surface area contributed by atoms with Crippen molar-refractivity contribution in [1.29, 1.82) is 0 Å².